The summed E-state index contributed by atoms with van der Waals surface area (Å²) in [6.45, 7) is 6.24. The van der Waals surface area contributed by atoms with Crippen LogP contribution in [0.3, 0.4) is 0 Å². The zero-order chi connectivity index (χ0) is 15.0. The Kier molecular flexibility index (Phi) is 3.76. The molecular weight excluding hydrogens is 296 g/mol. The first-order valence-electron chi connectivity index (χ1n) is 7.98. The molecule has 2 aliphatic rings. The highest BCUT2D eigenvalue weighted by Crippen LogP contribution is 2.39. The third-order valence-electron chi connectivity index (χ3n) is 4.84. The van der Waals surface area contributed by atoms with Crippen LogP contribution in [-0.4, -0.2) is 45.0 Å². The molecule has 0 saturated carbocycles. The van der Waals surface area contributed by atoms with E-state index in [1.54, 1.807) is 0 Å². The summed E-state index contributed by atoms with van der Waals surface area (Å²) in [7, 11) is 0. The Bertz CT molecular complexity index is 626. The van der Waals surface area contributed by atoms with Crippen molar-refractivity contribution in [3.8, 4) is 0 Å². The Balaban J connectivity index is 1.42. The molecule has 2 fully saturated rings. The molecule has 118 valence electrons. The number of likely N-dealkylation sites (tertiary alicyclic amines) is 1. The fourth-order valence-electron chi connectivity index (χ4n) is 3.81. The van der Waals surface area contributed by atoms with Gasteiger partial charge in [0.2, 0.25) is 0 Å². The predicted molar refractivity (Wildman–Crippen MR) is 85.9 cm³/mol. The third kappa shape index (κ3) is 2.83. The topological polar surface area (TPSA) is 43.2 Å². The second kappa shape index (κ2) is 5.76. The van der Waals surface area contributed by atoms with E-state index in [0.717, 1.165) is 26.1 Å². The van der Waals surface area contributed by atoms with E-state index < -0.39 is 0 Å². The third-order valence-corrected chi connectivity index (χ3v) is 5.83. The average Bonchev–Trinajstić information content (AvgIpc) is 3.21. The molecule has 0 aromatic carbocycles. The Morgan fingerprint density at radius 1 is 1.36 bits per heavy atom. The molecule has 22 heavy (non-hydrogen) atoms. The summed E-state index contributed by atoms with van der Waals surface area (Å²) >= 11 is 1.91. The molecule has 6 heteroatoms. The standard InChI is InChI=1S/C16H22N4OS/c1-13-3-4-15(22-13)8-19-6-2-5-16(10-19)7-14(9-21-16)20-11-17-18-12-20/h3-4,11-12,14H,2,5-10H2,1H3/t14-,16+/m1/s1. The minimum atomic E-state index is 0.0273. The van der Waals surface area contributed by atoms with Crippen LogP contribution in [0.25, 0.3) is 0 Å². The van der Waals surface area contributed by atoms with Crippen LogP contribution < -0.4 is 0 Å². The summed E-state index contributed by atoms with van der Waals surface area (Å²) < 4.78 is 8.37. The predicted octanol–water partition coefficient (Wildman–Crippen LogP) is 2.64. The van der Waals surface area contributed by atoms with Gasteiger partial charge in [-0.3, -0.25) is 4.90 Å². The molecule has 0 amide bonds. The molecule has 2 aromatic rings. The number of thiophene rings is 1. The van der Waals surface area contributed by atoms with E-state index in [0.29, 0.717) is 6.04 Å². The number of nitrogens with zero attached hydrogens (tertiary/aromatic N) is 4. The first-order chi connectivity index (χ1) is 10.7. The lowest BCUT2D eigenvalue weighted by Crippen LogP contribution is -2.47. The number of hydrogen-bond acceptors (Lipinski definition) is 5. The van der Waals surface area contributed by atoms with Gasteiger partial charge >= 0.3 is 0 Å². The van der Waals surface area contributed by atoms with Crippen LogP contribution in [0.15, 0.2) is 24.8 Å². The van der Waals surface area contributed by atoms with Crippen molar-refractivity contribution < 1.29 is 4.74 Å². The normalized spacial score (nSPS) is 29.4. The highest BCUT2D eigenvalue weighted by molar-refractivity contribution is 7.11. The van der Waals surface area contributed by atoms with E-state index in [1.165, 1.54) is 29.1 Å². The largest absolute Gasteiger partial charge is 0.371 e. The van der Waals surface area contributed by atoms with Crippen LogP contribution in [0.2, 0.25) is 0 Å². The second-order valence-corrected chi connectivity index (χ2v) is 7.96. The number of aromatic nitrogens is 3. The molecule has 0 radical (unpaired) electrons. The van der Waals surface area contributed by atoms with Crippen molar-refractivity contribution in [1.29, 1.82) is 0 Å². The SMILES string of the molecule is Cc1ccc(CN2CCC[C@]3(C[C@@H](n4cnnc4)CO3)C2)s1. The van der Waals surface area contributed by atoms with Gasteiger partial charge in [-0.15, -0.1) is 21.5 Å². The van der Waals surface area contributed by atoms with Crippen molar-refractivity contribution >= 4 is 11.3 Å². The molecule has 2 atom stereocenters. The summed E-state index contributed by atoms with van der Waals surface area (Å²) in [6, 6.07) is 4.86. The van der Waals surface area contributed by atoms with Crippen LogP contribution >= 0.6 is 11.3 Å². The minimum absolute atomic E-state index is 0.0273. The fraction of sp³-hybridized carbons (Fsp3) is 0.625. The Labute approximate surface area is 134 Å². The van der Waals surface area contributed by atoms with Gasteiger partial charge in [0.15, 0.2) is 0 Å². The molecule has 5 nitrogen and oxygen atoms in total. The molecule has 0 bridgehead atoms. The summed E-state index contributed by atoms with van der Waals surface area (Å²) in [4.78, 5) is 5.41. The fourth-order valence-corrected chi connectivity index (χ4v) is 4.74. The maximum Gasteiger partial charge on any atom is 0.119 e. The van der Waals surface area contributed by atoms with Crippen LogP contribution in [0, 0.1) is 6.92 Å². The number of hydrogen-bond donors (Lipinski definition) is 0. The Morgan fingerprint density at radius 2 is 2.23 bits per heavy atom. The van der Waals surface area contributed by atoms with E-state index >= 15 is 0 Å². The van der Waals surface area contributed by atoms with Gasteiger partial charge in [-0.1, -0.05) is 0 Å². The molecule has 2 aliphatic heterocycles. The van der Waals surface area contributed by atoms with Gasteiger partial charge in [0, 0.05) is 29.3 Å². The molecule has 0 unspecified atom stereocenters. The summed E-state index contributed by atoms with van der Waals surface area (Å²) in [5.41, 5.74) is 0.0273. The number of rotatable bonds is 3. The lowest BCUT2D eigenvalue weighted by Gasteiger charge is -2.39. The van der Waals surface area contributed by atoms with Crippen molar-refractivity contribution in [2.24, 2.45) is 0 Å². The number of ether oxygens (including phenoxy) is 1. The number of aryl methyl sites for hydroxylation is 1. The Morgan fingerprint density at radius 3 is 3.00 bits per heavy atom. The van der Waals surface area contributed by atoms with Crippen LogP contribution in [0.4, 0.5) is 0 Å². The van der Waals surface area contributed by atoms with E-state index in [4.69, 9.17) is 4.74 Å². The van der Waals surface area contributed by atoms with Crippen molar-refractivity contribution in [1.82, 2.24) is 19.7 Å². The van der Waals surface area contributed by atoms with Crippen molar-refractivity contribution in [3.63, 3.8) is 0 Å². The van der Waals surface area contributed by atoms with Gasteiger partial charge in [-0.2, -0.15) is 0 Å². The highest BCUT2D eigenvalue weighted by Gasteiger charge is 2.43. The van der Waals surface area contributed by atoms with Crippen LogP contribution in [0.5, 0.6) is 0 Å². The molecule has 0 aliphatic carbocycles. The molecule has 0 N–H and O–H groups in total. The van der Waals surface area contributed by atoms with Crippen molar-refractivity contribution in [2.75, 3.05) is 19.7 Å². The molecule has 4 rings (SSSR count). The quantitative estimate of drug-likeness (QED) is 0.872. The molecule has 2 aromatic heterocycles. The van der Waals surface area contributed by atoms with Gasteiger partial charge in [0.05, 0.1) is 18.2 Å². The van der Waals surface area contributed by atoms with Crippen LogP contribution in [0.1, 0.15) is 35.1 Å². The van der Waals surface area contributed by atoms with E-state index in [9.17, 15) is 0 Å². The van der Waals surface area contributed by atoms with Crippen molar-refractivity contribution in [2.45, 2.75) is 44.4 Å². The molecule has 1 spiro atoms. The number of piperidine rings is 1. The highest BCUT2D eigenvalue weighted by atomic mass is 32.1. The summed E-state index contributed by atoms with van der Waals surface area (Å²) in [5, 5.41) is 7.84. The van der Waals surface area contributed by atoms with E-state index in [-0.39, 0.29) is 5.60 Å². The maximum absolute atomic E-state index is 6.28. The molecule has 4 heterocycles. The lowest BCUT2D eigenvalue weighted by molar-refractivity contribution is -0.0532. The zero-order valence-corrected chi connectivity index (χ0v) is 13.8. The van der Waals surface area contributed by atoms with Gasteiger partial charge in [-0.05, 0) is 38.4 Å². The van der Waals surface area contributed by atoms with Crippen molar-refractivity contribution in [3.05, 3.63) is 34.5 Å². The second-order valence-electron chi connectivity index (χ2n) is 6.59. The zero-order valence-electron chi connectivity index (χ0n) is 12.9. The van der Waals surface area contributed by atoms with E-state index in [2.05, 4.69) is 38.7 Å². The van der Waals surface area contributed by atoms with Crippen LogP contribution in [-0.2, 0) is 11.3 Å². The lowest BCUT2D eigenvalue weighted by atomic mass is 9.88. The smallest absolute Gasteiger partial charge is 0.119 e. The van der Waals surface area contributed by atoms with Gasteiger partial charge in [-0.25, -0.2) is 0 Å². The summed E-state index contributed by atoms with van der Waals surface area (Å²) in [6.07, 6.45) is 7.08. The van der Waals surface area contributed by atoms with E-state index in [1.807, 2.05) is 24.0 Å². The van der Waals surface area contributed by atoms with Gasteiger partial charge < -0.3 is 9.30 Å². The first kappa shape index (κ1) is 14.4. The molecule has 2 saturated heterocycles. The van der Waals surface area contributed by atoms with Gasteiger partial charge in [0.25, 0.3) is 0 Å². The minimum Gasteiger partial charge on any atom is -0.371 e. The van der Waals surface area contributed by atoms with Gasteiger partial charge in [0.1, 0.15) is 12.7 Å². The first-order valence-corrected chi connectivity index (χ1v) is 8.80. The molecular formula is C16H22N4OS. The Hall–Kier alpha value is -1.24. The monoisotopic (exact) mass is 318 g/mol. The summed E-state index contributed by atoms with van der Waals surface area (Å²) in [5.74, 6) is 0. The maximum atomic E-state index is 6.28. The average molecular weight is 318 g/mol.